The van der Waals surface area contributed by atoms with E-state index in [2.05, 4.69) is 10.6 Å². The predicted molar refractivity (Wildman–Crippen MR) is 39.5 cm³/mol. The topological polar surface area (TPSA) is 24.1 Å². The van der Waals surface area contributed by atoms with Crippen LogP contribution in [-0.2, 0) is 0 Å². The van der Waals surface area contributed by atoms with Gasteiger partial charge in [-0.25, -0.2) is 0 Å². The lowest BCUT2D eigenvalue weighted by Gasteiger charge is -2.17. The van der Waals surface area contributed by atoms with E-state index in [-0.39, 0.29) is 0 Å². The van der Waals surface area contributed by atoms with E-state index in [1.165, 1.54) is 19.3 Å². The Bertz CT molecular complexity index is 73.0. The minimum absolute atomic E-state index is 0.718. The van der Waals surface area contributed by atoms with Crippen LogP contribution in [0.5, 0.6) is 0 Å². The van der Waals surface area contributed by atoms with Gasteiger partial charge in [0, 0.05) is 12.1 Å². The third-order valence-electron chi connectivity index (χ3n) is 2.26. The first kappa shape index (κ1) is 7.03. The number of hydrogen-bond donors (Lipinski definition) is 2. The second kappa shape index (κ2) is 3.18. The smallest absolute Gasteiger partial charge is 0.0218 e. The summed E-state index contributed by atoms with van der Waals surface area (Å²) in [6.45, 7) is 0. The Labute approximate surface area is 57.0 Å². The standard InChI is InChI=1S/C7H16N2/c1-8-6-4-3-5-7(6)9-2/h6-9H,3-5H2,1-2H3/t6-,7-/m1/s1. The minimum Gasteiger partial charge on any atom is -0.315 e. The van der Waals surface area contributed by atoms with Crippen molar-refractivity contribution in [2.24, 2.45) is 0 Å². The van der Waals surface area contributed by atoms with Crippen LogP contribution in [0.2, 0.25) is 0 Å². The summed E-state index contributed by atoms with van der Waals surface area (Å²) in [5.41, 5.74) is 0. The highest BCUT2D eigenvalue weighted by molar-refractivity contribution is 4.86. The highest BCUT2D eigenvalue weighted by Crippen LogP contribution is 2.17. The molecule has 2 heteroatoms. The second-order valence-electron chi connectivity index (χ2n) is 2.72. The SMILES string of the molecule is CN[C@@H]1CCC[C@H]1NC. The van der Waals surface area contributed by atoms with Crippen LogP contribution < -0.4 is 10.6 Å². The van der Waals surface area contributed by atoms with Gasteiger partial charge in [0.1, 0.15) is 0 Å². The molecule has 2 N–H and O–H groups in total. The Morgan fingerprint density at radius 1 is 1.00 bits per heavy atom. The molecule has 1 fully saturated rings. The van der Waals surface area contributed by atoms with Crippen LogP contribution in [0.25, 0.3) is 0 Å². The van der Waals surface area contributed by atoms with E-state index < -0.39 is 0 Å². The molecule has 2 nitrogen and oxygen atoms in total. The molecule has 54 valence electrons. The van der Waals surface area contributed by atoms with Crippen molar-refractivity contribution in [3.8, 4) is 0 Å². The molecule has 2 atom stereocenters. The Kier molecular flexibility index (Phi) is 2.49. The van der Waals surface area contributed by atoms with Crippen molar-refractivity contribution < 1.29 is 0 Å². The van der Waals surface area contributed by atoms with E-state index in [0.717, 1.165) is 12.1 Å². The molecule has 1 rings (SSSR count). The summed E-state index contributed by atoms with van der Waals surface area (Å²) in [6.07, 6.45) is 4.04. The third-order valence-corrected chi connectivity index (χ3v) is 2.26. The maximum absolute atomic E-state index is 3.30. The lowest BCUT2D eigenvalue weighted by atomic mass is 10.2. The Hall–Kier alpha value is -0.0800. The van der Waals surface area contributed by atoms with Crippen LogP contribution in [0.1, 0.15) is 19.3 Å². The largest absolute Gasteiger partial charge is 0.315 e. The molecule has 0 aromatic heterocycles. The summed E-state index contributed by atoms with van der Waals surface area (Å²) < 4.78 is 0. The lowest BCUT2D eigenvalue weighted by Crippen LogP contribution is -2.40. The highest BCUT2D eigenvalue weighted by Gasteiger charge is 2.23. The van der Waals surface area contributed by atoms with Gasteiger partial charge in [0.15, 0.2) is 0 Å². The van der Waals surface area contributed by atoms with Crippen LogP contribution >= 0.6 is 0 Å². The van der Waals surface area contributed by atoms with Gasteiger partial charge in [-0.1, -0.05) is 6.42 Å². The fourth-order valence-electron chi connectivity index (χ4n) is 1.65. The number of likely N-dealkylation sites (N-methyl/N-ethyl adjacent to an activating group) is 2. The Balaban J connectivity index is 2.32. The zero-order valence-corrected chi connectivity index (χ0v) is 6.28. The predicted octanol–water partition coefficient (Wildman–Crippen LogP) is 0.346. The van der Waals surface area contributed by atoms with E-state index in [1.54, 1.807) is 0 Å². The molecule has 0 aromatic rings. The zero-order chi connectivity index (χ0) is 6.69. The minimum atomic E-state index is 0.718. The van der Waals surface area contributed by atoms with E-state index in [9.17, 15) is 0 Å². The van der Waals surface area contributed by atoms with Crippen molar-refractivity contribution in [2.75, 3.05) is 14.1 Å². The van der Waals surface area contributed by atoms with Crippen LogP contribution in [0.15, 0.2) is 0 Å². The normalized spacial score (nSPS) is 35.3. The molecule has 9 heavy (non-hydrogen) atoms. The average molecular weight is 128 g/mol. The summed E-state index contributed by atoms with van der Waals surface area (Å²) in [7, 11) is 4.08. The summed E-state index contributed by atoms with van der Waals surface area (Å²) in [5.74, 6) is 0. The molecule has 0 radical (unpaired) electrons. The monoisotopic (exact) mass is 128 g/mol. The molecule has 0 heterocycles. The van der Waals surface area contributed by atoms with Gasteiger partial charge in [0.2, 0.25) is 0 Å². The summed E-state index contributed by atoms with van der Waals surface area (Å²) in [4.78, 5) is 0. The Morgan fingerprint density at radius 3 is 1.78 bits per heavy atom. The fraction of sp³-hybridized carbons (Fsp3) is 1.00. The van der Waals surface area contributed by atoms with Crippen molar-refractivity contribution in [2.45, 2.75) is 31.3 Å². The molecule has 1 aliphatic rings. The first-order valence-corrected chi connectivity index (χ1v) is 3.73. The van der Waals surface area contributed by atoms with Crippen LogP contribution in [0, 0.1) is 0 Å². The number of rotatable bonds is 2. The number of nitrogens with one attached hydrogen (secondary N) is 2. The van der Waals surface area contributed by atoms with Crippen LogP contribution in [0.4, 0.5) is 0 Å². The summed E-state index contributed by atoms with van der Waals surface area (Å²) >= 11 is 0. The summed E-state index contributed by atoms with van der Waals surface area (Å²) in [6, 6.07) is 1.44. The molecule has 0 bridgehead atoms. The van der Waals surface area contributed by atoms with Gasteiger partial charge in [0.25, 0.3) is 0 Å². The average Bonchev–Trinajstić information content (AvgIpc) is 2.33. The molecule has 0 amide bonds. The van der Waals surface area contributed by atoms with Crippen LogP contribution in [0.3, 0.4) is 0 Å². The zero-order valence-electron chi connectivity index (χ0n) is 6.28. The molecule has 0 unspecified atom stereocenters. The first-order valence-electron chi connectivity index (χ1n) is 3.73. The van der Waals surface area contributed by atoms with Gasteiger partial charge >= 0.3 is 0 Å². The molecular formula is C7H16N2. The quantitative estimate of drug-likeness (QED) is 0.560. The van der Waals surface area contributed by atoms with E-state index in [4.69, 9.17) is 0 Å². The van der Waals surface area contributed by atoms with Gasteiger partial charge in [0.05, 0.1) is 0 Å². The first-order chi connectivity index (χ1) is 4.38. The lowest BCUT2D eigenvalue weighted by molar-refractivity contribution is 0.460. The second-order valence-corrected chi connectivity index (χ2v) is 2.72. The van der Waals surface area contributed by atoms with Gasteiger partial charge in [-0.3, -0.25) is 0 Å². The van der Waals surface area contributed by atoms with Crippen molar-refractivity contribution in [1.29, 1.82) is 0 Å². The highest BCUT2D eigenvalue weighted by atomic mass is 15.0. The maximum atomic E-state index is 3.30. The maximum Gasteiger partial charge on any atom is 0.0218 e. The summed E-state index contributed by atoms with van der Waals surface area (Å²) in [5, 5.41) is 6.60. The van der Waals surface area contributed by atoms with Crippen molar-refractivity contribution in [3.05, 3.63) is 0 Å². The number of hydrogen-bond acceptors (Lipinski definition) is 2. The van der Waals surface area contributed by atoms with E-state index >= 15 is 0 Å². The molecule has 0 spiro atoms. The molecule has 0 aliphatic heterocycles. The van der Waals surface area contributed by atoms with E-state index in [0.29, 0.717) is 0 Å². The third kappa shape index (κ3) is 1.43. The van der Waals surface area contributed by atoms with E-state index in [1.807, 2.05) is 14.1 Å². The Morgan fingerprint density at radius 2 is 1.44 bits per heavy atom. The molecule has 0 saturated heterocycles. The van der Waals surface area contributed by atoms with Gasteiger partial charge < -0.3 is 10.6 Å². The molecule has 1 aliphatic carbocycles. The van der Waals surface area contributed by atoms with Crippen molar-refractivity contribution >= 4 is 0 Å². The van der Waals surface area contributed by atoms with Crippen molar-refractivity contribution in [3.63, 3.8) is 0 Å². The molecular weight excluding hydrogens is 112 g/mol. The molecule has 0 aromatic carbocycles. The van der Waals surface area contributed by atoms with Gasteiger partial charge in [-0.15, -0.1) is 0 Å². The van der Waals surface area contributed by atoms with Gasteiger partial charge in [-0.05, 0) is 26.9 Å². The van der Waals surface area contributed by atoms with Gasteiger partial charge in [-0.2, -0.15) is 0 Å². The van der Waals surface area contributed by atoms with Crippen LogP contribution in [-0.4, -0.2) is 26.2 Å². The fourth-order valence-corrected chi connectivity index (χ4v) is 1.65. The molecule has 1 saturated carbocycles. The van der Waals surface area contributed by atoms with Crippen molar-refractivity contribution in [1.82, 2.24) is 10.6 Å².